The van der Waals surface area contributed by atoms with Crippen molar-refractivity contribution in [3.8, 4) is 16.9 Å². The highest BCUT2D eigenvalue weighted by Gasteiger charge is 2.68. The molecule has 3 saturated carbocycles. The molecule has 12 nitrogen and oxygen atoms in total. The zero-order chi connectivity index (χ0) is 33.3. The Morgan fingerprint density at radius 3 is 2.81 bits per heavy atom. The van der Waals surface area contributed by atoms with Crippen LogP contribution in [0.2, 0.25) is 0 Å². The van der Waals surface area contributed by atoms with Crippen LogP contribution in [0.5, 0.6) is 0 Å². The van der Waals surface area contributed by atoms with Crippen molar-refractivity contribution >= 4 is 28.7 Å². The van der Waals surface area contributed by atoms with E-state index in [0.29, 0.717) is 35.5 Å². The molecule has 3 unspecified atom stereocenters. The first kappa shape index (κ1) is 31.2. The van der Waals surface area contributed by atoms with Gasteiger partial charge in [-0.25, -0.2) is 19.6 Å². The number of Topliss-reactive ketones (excluding diaryl/α,β-unsaturated/α-hetero) is 1. The zero-order valence-corrected chi connectivity index (χ0v) is 27.3. The first-order valence-corrected chi connectivity index (χ1v) is 16.4. The van der Waals surface area contributed by atoms with E-state index in [2.05, 4.69) is 52.6 Å². The van der Waals surface area contributed by atoms with E-state index in [1.807, 2.05) is 35.8 Å². The molecule has 0 amide bonds. The number of carbonyl (C=O) groups is 2. The third-order valence-corrected chi connectivity index (χ3v) is 12.2. The molecule has 7 rings (SSSR count). The minimum atomic E-state index is -0.716. The van der Waals surface area contributed by atoms with Crippen molar-refractivity contribution < 1.29 is 19.4 Å². The molecule has 3 aromatic heterocycles. The molecule has 0 saturated heterocycles. The maximum atomic E-state index is 13.7. The minimum Gasteiger partial charge on any atom is -0.460 e. The number of rotatable bonds is 6. The maximum absolute atomic E-state index is 13.7. The van der Waals surface area contributed by atoms with Crippen LogP contribution in [-0.2, 0) is 20.9 Å². The summed E-state index contributed by atoms with van der Waals surface area (Å²) in [5.74, 6) is -0.151. The second kappa shape index (κ2) is 11.1. The van der Waals surface area contributed by atoms with Crippen LogP contribution in [-0.4, -0.2) is 63.6 Å². The molecule has 0 aliphatic heterocycles. The lowest BCUT2D eigenvalue weighted by atomic mass is 9.44. The van der Waals surface area contributed by atoms with Crippen LogP contribution in [0.4, 0.5) is 5.82 Å². The second-order valence-electron chi connectivity index (χ2n) is 14.5. The molecule has 3 aliphatic rings. The SMILES string of the molecule is C=C[C@]1(C)C[C@@H](OC(=O)Cn2cc(-c3cccc(-n4cnc5c(N)ncnc54)c3)nn2)[C@]2(C)C(C)CCC3(CCC(=O)C32)[C@@H](C)[C@@H]1O. The Bertz CT molecular complexity index is 1890. The lowest BCUT2D eigenvalue weighted by Crippen LogP contribution is -2.63. The quantitative estimate of drug-likeness (QED) is 0.226. The number of nitrogens with zero attached hydrogens (tertiary/aromatic N) is 7. The first-order chi connectivity index (χ1) is 22.4. The molecule has 4 aromatic rings. The Morgan fingerprint density at radius 2 is 2.02 bits per heavy atom. The molecule has 0 radical (unpaired) electrons. The van der Waals surface area contributed by atoms with Crippen molar-refractivity contribution in [1.29, 1.82) is 0 Å². The predicted molar refractivity (Wildman–Crippen MR) is 175 cm³/mol. The molecular weight excluding hydrogens is 596 g/mol. The molecule has 0 spiro atoms. The fraction of sp³-hybridized carbons (Fsp3) is 0.514. The highest BCUT2D eigenvalue weighted by molar-refractivity contribution is 5.86. The van der Waals surface area contributed by atoms with Crippen molar-refractivity contribution in [2.75, 3.05) is 5.73 Å². The van der Waals surface area contributed by atoms with Gasteiger partial charge in [-0.1, -0.05) is 51.1 Å². The third kappa shape index (κ3) is 4.70. The van der Waals surface area contributed by atoms with Crippen LogP contribution < -0.4 is 5.73 Å². The Kier molecular flexibility index (Phi) is 7.34. The van der Waals surface area contributed by atoms with Gasteiger partial charge in [-0.15, -0.1) is 11.7 Å². The van der Waals surface area contributed by atoms with Crippen molar-refractivity contribution in [3.63, 3.8) is 0 Å². The minimum absolute atomic E-state index is 0.0867. The molecule has 246 valence electrons. The van der Waals surface area contributed by atoms with Crippen molar-refractivity contribution in [1.82, 2.24) is 34.5 Å². The molecule has 47 heavy (non-hydrogen) atoms. The Balaban J connectivity index is 1.15. The number of fused-ring (bicyclic) bond motifs is 1. The number of hydrogen-bond donors (Lipinski definition) is 2. The van der Waals surface area contributed by atoms with Crippen LogP contribution in [0, 0.1) is 34.0 Å². The van der Waals surface area contributed by atoms with Crippen LogP contribution in [0.25, 0.3) is 28.1 Å². The number of nitrogens with two attached hydrogens (primary N) is 1. The summed E-state index contributed by atoms with van der Waals surface area (Å²) in [6.45, 7) is 12.3. The molecule has 8 atom stereocenters. The van der Waals surface area contributed by atoms with Crippen LogP contribution in [0.3, 0.4) is 0 Å². The molecule has 3 heterocycles. The van der Waals surface area contributed by atoms with E-state index in [-0.39, 0.29) is 35.5 Å². The summed E-state index contributed by atoms with van der Waals surface area (Å²) in [4.78, 5) is 40.1. The van der Waals surface area contributed by atoms with Crippen LogP contribution in [0.1, 0.15) is 59.8 Å². The summed E-state index contributed by atoms with van der Waals surface area (Å²) in [5, 5.41) is 20.3. The number of imidazole rings is 1. The fourth-order valence-electron chi connectivity index (χ4n) is 9.19. The standard InChI is InChI=1S/C35H42N8O4/c1-6-33(4)15-26(34(5)20(2)10-12-35(21(3)30(33)46)13-11-25(44)29(34)35)47-27(45)17-42-16-24(40-41-42)22-8-7-9-23(14-22)43-19-39-28-31(36)37-18-38-32(28)43/h6-9,14,16,18-21,26,29-30,46H,1,10-13,15,17H2,2-5H3,(H2,36,37,38)/t20?,21-,26+,29?,30-,33+,34-,35?/m0/s1. The molecule has 3 fully saturated rings. The van der Waals surface area contributed by atoms with Gasteiger partial charge in [-0.2, -0.15) is 0 Å². The average Bonchev–Trinajstić information content (AvgIpc) is 3.80. The molecule has 3 aliphatic carbocycles. The topological polar surface area (TPSA) is 164 Å². The number of carbonyl (C=O) groups excluding carboxylic acids is 2. The fourth-order valence-corrected chi connectivity index (χ4v) is 9.19. The third-order valence-electron chi connectivity index (χ3n) is 12.2. The Hall–Kier alpha value is -4.45. The van der Waals surface area contributed by atoms with Gasteiger partial charge in [0.15, 0.2) is 17.0 Å². The first-order valence-electron chi connectivity index (χ1n) is 16.4. The van der Waals surface area contributed by atoms with Gasteiger partial charge in [0.1, 0.15) is 36.8 Å². The lowest BCUT2D eigenvalue weighted by Gasteiger charge is -2.61. The van der Waals surface area contributed by atoms with Gasteiger partial charge >= 0.3 is 5.97 Å². The van der Waals surface area contributed by atoms with Crippen LogP contribution in [0.15, 0.2) is 55.8 Å². The molecule has 12 heteroatoms. The van der Waals surface area contributed by atoms with Gasteiger partial charge in [0.05, 0.1) is 12.3 Å². The summed E-state index contributed by atoms with van der Waals surface area (Å²) in [5.41, 5.74) is 7.63. The van der Waals surface area contributed by atoms with Gasteiger partial charge in [0.25, 0.3) is 0 Å². The molecule has 2 bridgehead atoms. The van der Waals surface area contributed by atoms with Gasteiger partial charge in [-0.05, 0) is 55.1 Å². The monoisotopic (exact) mass is 638 g/mol. The van der Waals surface area contributed by atoms with Gasteiger partial charge in [0.2, 0.25) is 0 Å². The van der Waals surface area contributed by atoms with Gasteiger partial charge < -0.3 is 15.6 Å². The lowest BCUT2D eigenvalue weighted by molar-refractivity contribution is -0.207. The number of hydrogen-bond acceptors (Lipinski definition) is 10. The van der Waals surface area contributed by atoms with E-state index < -0.39 is 29.0 Å². The number of ketones is 1. The second-order valence-corrected chi connectivity index (χ2v) is 14.5. The summed E-state index contributed by atoms with van der Waals surface area (Å²) in [6.07, 6.45) is 8.68. The summed E-state index contributed by atoms with van der Waals surface area (Å²) < 4.78 is 9.67. The highest BCUT2D eigenvalue weighted by Crippen LogP contribution is 2.68. The molecule has 3 N–H and O–H groups in total. The number of anilines is 1. The van der Waals surface area contributed by atoms with Crippen molar-refractivity contribution in [2.24, 2.45) is 34.0 Å². The largest absolute Gasteiger partial charge is 0.460 e. The number of benzene rings is 1. The van der Waals surface area contributed by atoms with E-state index in [9.17, 15) is 14.7 Å². The predicted octanol–water partition coefficient (Wildman–Crippen LogP) is 4.56. The van der Waals surface area contributed by atoms with E-state index in [1.165, 1.54) is 11.0 Å². The maximum Gasteiger partial charge on any atom is 0.328 e. The summed E-state index contributed by atoms with van der Waals surface area (Å²) >= 11 is 0. The van der Waals surface area contributed by atoms with E-state index in [4.69, 9.17) is 10.5 Å². The van der Waals surface area contributed by atoms with E-state index in [0.717, 1.165) is 30.5 Å². The Morgan fingerprint density at radius 1 is 1.21 bits per heavy atom. The van der Waals surface area contributed by atoms with E-state index in [1.54, 1.807) is 18.6 Å². The zero-order valence-electron chi connectivity index (χ0n) is 27.3. The molecular formula is C35H42N8O4. The summed E-state index contributed by atoms with van der Waals surface area (Å²) in [7, 11) is 0. The highest BCUT2D eigenvalue weighted by atomic mass is 16.5. The number of aromatic nitrogens is 7. The normalized spacial score (nSPS) is 33.6. The number of ether oxygens (including phenoxy) is 1. The number of aliphatic hydroxyl groups is 1. The molecule has 1 aromatic carbocycles. The smallest absolute Gasteiger partial charge is 0.328 e. The van der Waals surface area contributed by atoms with E-state index >= 15 is 0 Å². The summed E-state index contributed by atoms with van der Waals surface area (Å²) in [6, 6.07) is 7.65. The average molecular weight is 639 g/mol. The number of esters is 1. The van der Waals surface area contributed by atoms with Gasteiger partial charge in [-0.3, -0.25) is 14.2 Å². The van der Waals surface area contributed by atoms with Crippen molar-refractivity contribution in [3.05, 3.63) is 55.8 Å². The van der Waals surface area contributed by atoms with Crippen LogP contribution >= 0.6 is 0 Å². The number of aliphatic hydroxyl groups excluding tert-OH is 1. The number of nitrogen functional groups attached to an aromatic ring is 1. The van der Waals surface area contributed by atoms with Crippen molar-refractivity contribution in [2.45, 2.75) is 78.6 Å². The Labute approximate surface area is 273 Å². The van der Waals surface area contributed by atoms with Gasteiger partial charge in [0, 0.05) is 34.4 Å².